The normalized spacial score (nSPS) is 46.3. The van der Waals surface area contributed by atoms with E-state index in [4.69, 9.17) is 27.9 Å². The summed E-state index contributed by atoms with van der Waals surface area (Å²) in [4.78, 5) is 37.1. The Hall–Kier alpha value is -1.20. The molecule has 0 radical (unpaired) electrons. The zero-order valence-electron chi connectivity index (χ0n) is 18.3. The topological polar surface area (TPSA) is 60.4 Å². The summed E-state index contributed by atoms with van der Waals surface area (Å²) in [6.45, 7) is 6.59. The van der Waals surface area contributed by atoms with Gasteiger partial charge in [-0.1, -0.05) is 31.5 Å². The molecule has 2 fully saturated rings. The SMILES string of the molecule is CC(=O)O[C@]1(C(C)=O)CC[C@H]2[C@@H]3C=C(Cl)C4=CC(=O)C[C@H](CCl)[C@]4(C)[C@H]3[C@@H](F)C[C@@]21C. The second kappa shape index (κ2) is 7.41. The van der Waals surface area contributed by atoms with E-state index in [9.17, 15) is 14.4 Å². The third-order valence-electron chi connectivity index (χ3n) is 8.98. The lowest BCUT2D eigenvalue weighted by atomic mass is 9.45. The summed E-state index contributed by atoms with van der Waals surface area (Å²) in [5, 5.41) is 0.469. The molecule has 4 aliphatic carbocycles. The van der Waals surface area contributed by atoms with E-state index in [-0.39, 0.29) is 48.0 Å². The minimum Gasteiger partial charge on any atom is -0.451 e. The lowest BCUT2D eigenvalue weighted by molar-refractivity contribution is -0.190. The maximum absolute atomic E-state index is 16.2. The second-order valence-corrected chi connectivity index (χ2v) is 11.0. The summed E-state index contributed by atoms with van der Waals surface area (Å²) in [6, 6.07) is 0. The number of fused-ring (bicyclic) bond motifs is 5. The molecule has 0 aliphatic heterocycles. The molecule has 7 heteroatoms. The number of hydrogen-bond acceptors (Lipinski definition) is 4. The largest absolute Gasteiger partial charge is 0.451 e. The fraction of sp³-hybridized carbons (Fsp3) is 0.708. The highest BCUT2D eigenvalue weighted by Crippen LogP contribution is 2.69. The molecule has 0 saturated heterocycles. The summed E-state index contributed by atoms with van der Waals surface area (Å²) < 4.78 is 21.9. The number of esters is 1. The van der Waals surface area contributed by atoms with Crippen LogP contribution < -0.4 is 0 Å². The van der Waals surface area contributed by atoms with Crippen molar-refractivity contribution < 1.29 is 23.5 Å². The molecule has 31 heavy (non-hydrogen) atoms. The van der Waals surface area contributed by atoms with Crippen LogP contribution in [-0.2, 0) is 19.1 Å². The molecule has 4 rings (SSSR count). The summed E-state index contributed by atoms with van der Waals surface area (Å²) in [5.74, 6) is -1.50. The van der Waals surface area contributed by atoms with Crippen molar-refractivity contribution in [3.8, 4) is 0 Å². The van der Waals surface area contributed by atoms with Gasteiger partial charge >= 0.3 is 5.97 Å². The Balaban J connectivity index is 1.87. The molecule has 0 aromatic carbocycles. The number of alkyl halides is 2. The van der Waals surface area contributed by atoms with Crippen LogP contribution in [0.15, 0.2) is 22.8 Å². The molecule has 0 aromatic rings. The Labute approximate surface area is 192 Å². The predicted octanol–water partition coefficient (Wildman–Crippen LogP) is 5.16. The number of Topliss-reactive ketones (excluding diaryl/α,β-unsaturated/α-hetero) is 1. The molecular weight excluding hydrogens is 442 g/mol. The molecule has 0 spiro atoms. The quantitative estimate of drug-likeness (QED) is 0.421. The Morgan fingerprint density at radius 1 is 1.29 bits per heavy atom. The zero-order valence-corrected chi connectivity index (χ0v) is 19.9. The molecule has 2 saturated carbocycles. The number of rotatable bonds is 3. The molecule has 0 N–H and O–H groups in total. The van der Waals surface area contributed by atoms with Crippen LogP contribution in [0.3, 0.4) is 0 Å². The van der Waals surface area contributed by atoms with Gasteiger partial charge in [-0.25, -0.2) is 4.39 Å². The molecule has 0 unspecified atom stereocenters. The minimum absolute atomic E-state index is 0.0366. The van der Waals surface area contributed by atoms with Gasteiger partial charge in [0.2, 0.25) is 0 Å². The maximum atomic E-state index is 16.2. The van der Waals surface area contributed by atoms with Gasteiger partial charge in [0.1, 0.15) is 6.17 Å². The van der Waals surface area contributed by atoms with Gasteiger partial charge in [0, 0.05) is 41.0 Å². The Kier molecular flexibility index (Phi) is 5.49. The molecular formula is C24H29Cl2FO4. The molecule has 8 atom stereocenters. The van der Waals surface area contributed by atoms with Crippen molar-refractivity contribution in [1.82, 2.24) is 0 Å². The number of carbonyl (C=O) groups is 3. The molecule has 4 nitrogen and oxygen atoms in total. The summed E-state index contributed by atoms with van der Waals surface area (Å²) in [5.41, 5.74) is -2.16. The number of hydrogen-bond donors (Lipinski definition) is 0. The van der Waals surface area contributed by atoms with E-state index in [2.05, 4.69) is 0 Å². The van der Waals surface area contributed by atoms with E-state index < -0.39 is 34.5 Å². The molecule has 0 bridgehead atoms. The Morgan fingerprint density at radius 3 is 2.55 bits per heavy atom. The van der Waals surface area contributed by atoms with Crippen LogP contribution in [0.5, 0.6) is 0 Å². The van der Waals surface area contributed by atoms with Gasteiger partial charge in [0.25, 0.3) is 0 Å². The van der Waals surface area contributed by atoms with Crippen molar-refractivity contribution in [2.75, 3.05) is 5.88 Å². The van der Waals surface area contributed by atoms with E-state index in [1.165, 1.54) is 13.8 Å². The van der Waals surface area contributed by atoms with Crippen LogP contribution in [0, 0.1) is 34.5 Å². The van der Waals surface area contributed by atoms with Gasteiger partial charge in [-0.2, -0.15) is 0 Å². The van der Waals surface area contributed by atoms with Crippen molar-refractivity contribution in [2.24, 2.45) is 34.5 Å². The predicted molar refractivity (Wildman–Crippen MR) is 116 cm³/mol. The van der Waals surface area contributed by atoms with Gasteiger partial charge < -0.3 is 4.74 Å². The van der Waals surface area contributed by atoms with E-state index in [0.29, 0.717) is 23.4 Å². The lowest BCUT2D eigenvalue weighted by Gasteiger charge is -2.60. The van der Waals surface area contributed by atoms with E-state index in [1.54, 1.807) is 6.08 Å². The number of ketones is 2. The van der Waals surface area contributed by atoms with Gasteiger partial charge in [-0.05, 0) is 55.6 Å². The smallest absolute Gasteiger partial charge is 0.303 e. The first-order chi connectivity index (χ1) is 14.4. The standard InChI is InChI=1S/C24H29Cl2FO4/c1-12(28)24(31-13(2)29)6-5-17-16-9-19(26)18-8-15(30)7-14(11-25)23(18,4)21(16)20(27)10-22(17,24)3/h8-9,14,16-17,20-21H,5-7,10-11H2,1-4H3/t14-,16+,17+,20+,21-,22+,23+,24+/m1/s1. The highest BCUT2D eigenvalue weighted by molar-refractivity contribution is 6.32. The van der Waals surface area contributed by atoms with E-state index in [0.717, 1.165) is 0 Å². The zero-order chi connectivity index (χ0) is 22.9. The second-order valence-electron chi connectivity index (χ2n) is 10.2. The Bertz CT molecular complexity index is 913. The third kappa shape index (κ3) is 2.95. The number of allylic oxidation sites excluding steroid dienone is 4. The van der Waals surface area contributed by atoms with Crippen LogP contribution in [0.25, 0.3) is 0 Å². The van der Waals surface area contributed by atoms with Crippen molar-refractivity contribution in [3.63, 3.8) is 0 Å². The molecule has 170 valence electrons. The Morgan fingerprint density at radius 2 is 1.97 bits per heavy atom. The van der Waals surface area contributed by atoms with Crippen molar-refractivity contribution in [2.45, 2.75) is 65.2 Å². The first-order valence-corrected chi connectivity index (χ1v) is 11.9. The number of ether oxygens (including phenoxy) is 1. The molecule has 0 amide bonds. The van der Waals surface area contributed by atoms with Crippen molar-refractivity contribution >= 4 is 40.7 Å². The van der Waals surface area contributed by atoms with Crippen molar-refractivity contribution in [1.29, 1.82) is 0 Å². The minimum atomic E-state index is -1.33. The average Bonchev–Trinajstić information content (AvgIpc) is 2.95. The molecule has 0 heterocycles. The first kappa shape index (κ1) is 23.0. The third-order valence-corrected chi connectivity index (χ3v) is 9.68. The fourth-order valence-electron chi connectivity index (χ4n) is 7.58. The van der Waals surface area contributed by atoms with Gasteiger partial charge in [0.05, 0.1) is 0 Å². The molecule has 0 aromatic heterocycles. The summed E-state index contributed by atoms with van der Waals surface area (Å²) >= 11 is 13.0. The van der Waals surface area contributed by atoms with Gasteiger partial charge in [-0.3, -0.25) is 14.4 Å². The van der Waals surface area contributed by atoms with Crippen LogP contribution in [-0.4, -0.2) is 35.2 Å². The molecule has 4 aliphatic rings. The first-order valence-electron chi connectivity index (χ1n) is 11.0. The van der Waals surface area contributed by atoms with E-state index in [1.807, 2.05) is 19.9 Å². The van der Waals surface area contributed by atoms with Gasteiger partial charge in [-0.15, -0.1) is 11.6 Å². The number of carbonyl (C=O) groups excluding carboxylic acids is 3. The fourth-order valence-corrected chi connectivity index (χ4v) is 8.41. The van der Waals surface area contributed by atoms with Crippen LogP contribution in [0.1, 0.15) is 53.4 Å². The van der Waals surface area contributed by atoms with Crippen LogP contribution in [0.2, 0.25) is 0 Å². The van der Waals surface area contributed by atoms with Crippen LogP contribution >= 0.6 is 23.2 Å². The summed E-state index contributed by atoms with van der Waals surface area (Å²) in [7, 11) is 0. The average molecular weight is 471 g/mol. The highest BCUT2D eigenvalue weighted by Gasteiger charge is 2.70. The van der Waals surface area contributed by atoms with Crippen molar-refractivity contribution in [3.05, 3.63) is 22.8 Å². The summed E-state index contributed by atoms with van der Waals surface area (Å²) in [6.07, 6.45) is 3.58. The van der Waals surface area contributed by atoms with Crippen LogP contribution in [0.4, 0.5) is 4.39 Å². The van der Waals surface area contributed by atoms with E-state index >= 15 is 4.39 Å². The highest BCUT2D eigenvalue weighted by atomic mass is 35.5. The monoisotopic (exact) mass is 470 g/mol. The number of halogens is 3. The maximum Gasteiger partial charge on any atom is 0.303 e. The lowest BCUT2D eigenvalue weighted by Crippen LogP contribution is -2.62. The van der Waals surface area contributed by atoms with Gasteiger partial charge in [0.15, 0.2) is 17.2 Å².